The predicted molar refractivity (Wildman–Crippen MR) is 244 cm³/mol. The van der Waals surface area contributed by atoms with E-state index in [1.165, 1.54) is 46.9 Å². The van der Waals surface area contributed by atoms with E-state index in [2.05, 4.69) is 15.4 Å². The number of halogens is 6. The van der Waals surface area contributed by atoms with Gasteiger partial charge in [-0.25, -0.2) is 35.9 Å². The van der Waals surface area contributed by atoms with Crippen molar-refractivity contribution in [3.8, 4) is 17.9 Å². The number of amides is 3. The normalized spacial score (nSPS) is 14.1. The lowest BCUT2D eigenvalue weighted by Crippen LogP contribution is -2.44. The monoisotopic (exact) mass is 1020 g/mol. The van der Waals surface area contributed by atoms with Crippen molar-refractivity contribution in [2.24, 2.45) is 5.73 Å². The van der Waals surface area contributed by atoms with Crippen LogP contribution in [0.4, 0.5) is 31.1 Å². The number of nitriles is 2. The summed E-state index contributed by atoms with van der Waals surface area (Å²) < 4.78 is 91.3. The maximum Gasteiger partial charge on any atom is 0.408 e. The number of hydrogen-bond acceptors (Lipinski definition) is 12. The van der Waals surface area contributed by atoms with E-state index < -0.39 is 117 Å². The number of pyridine rings is 1. The van der Waals surface area contributed by atoms with E-state index in [1.807, 2.05) is 6.07 Å². The van der Waals surface area contributed by atoms with Crippen molar-refractivity contribution in [1.82, 2.24) is 20.1 Å². The number of carboxylic acids is 1. The standard InChI is InChI=1S/C24H17F4N3O4.C15H17FN2O4.C11H11FN2O2/c25-13-2-1-11-4-15-9-30(8-12(11)3-13)24(35)20-22(33)21(32)17(10-31(15)20)23(34)29-7-16-18(27)5-14(26)6-19(16)28;1-15(2,3)22-14(21)18-12(13(19)20)7-9-4-5-11(16)6-10(9)8-17;1-16-11(15)10(14)5-7-2-3-9(12)4-8(7)6-13/h1-3,5-6,10,15,33H,4,7-9H2,(H,29,34);4-6,12H,7H2,1-3H3,(H,18,21)(H,19,20);2-4,10H,5,14H2,1H3/t15-;12-;10-/m000/s1. The van der Waals surface area contributed by atoms with Gasteiger partial charge in [0.05, 0.1) is 36.4 Å². The molecule has 73 heavy (non-hydrogen) atoms. The number of carbonyl (C=O) groups excluding carboxylic acids is 4. The van der Waals surface area contributed by atoms with E-state index >= 15 is 0 Å². The largest absolute Gasteiger partial charge is 0.503 e. The van der Waals surface area contributed by atoms with E-state index in [-0.39, 0.29) is 42.8 Å². The van der Waals surface area contributed by atoms with Crippen molar-refractivity contribution in [2.45, 2.75) is 76.8 Å². The molecule has 0 fully saturated rings. The summed E-state index contributed by atoms with van der Waals surface area (Å²) in [6.07, 6.45) is 0.578. The smallest absolute Gasteiger partial charge is 0.408 e. The van der Waals surface area contributed by atoms with E-state index in [0.29, 0.717) is 35.2 Å². The summed E-state index contributed by atoms with van der Waals surface area (Å²) in [5.41, 5.74) is 4.62. The first-order valence-corrected chi connectivity index (χ1v) is 21.7. The molecule has 382 valence electrons. The minimum Gasteiger partial charge on any atom is -0.503 e. The highest BCUT2D eigenvalue weighted by atomic mass is 19.2. The zero-order valence-electron chi connectivity index (χ0n) is 39.2. The van der Waals surface area contributed by atoms with Crippen LogP contribution in [-0.4, -0.2) is 80.9 Å². The number of benzene rings is 4. The number of nitrogens with two attached hydrogens (primary N) is 1. The molecule has 4 aromatic carbocycles. The molecule has 2 bridgehead atoms. The van der Waals surface area contributed by atoms with Gasteiger partial charge in [-0.05, 0) is 92.3 Å². The van der Waals surface area contributed by atoms with Gasteiger partial charge in [0.25, 0.3) is 11.8 Å². The molecular formula is C50H45F6N7O10. The Hall–Kier alpha value is -8.70. The Labute approximate surface area is 412 Å². The number of rotatable bonds is 10. The number of esters is 1. The molecule has 23 heteroatoms. The van der Waals surface area contributed by atoms with Crippen LogP contribution in [0.1, 0.15) is 86.6 Å². The maximum absolute atomic E-state index is 13.9. The number of ether oxygens (including phenoxy) is 2. The molecule has 3 atom stereocenters. The number of hydrogen-bond donors (Lipinski definition) is 5. The molecule has 5 aromatic rings. The highest BCUT2D eigenvalue weighted by Crippen LogP contribution is 2.34. The van der Waals surface area contributed by atoms with Gasteiger partial charge in [-0.15, -0.1) is 0 Å². The van der Waals surface area contributed by atoms with Crippen molar-refractivity contribution in [3.05, 3.63) is 168 Å². The second-order valence-electron chi connectivity index (χ2n) is 17.4. The third-order valence-corrected chi connectivity index (χ3v) is 11.0. The number of aromatic nitrogens is 1. The van der Waals surface area contributed by atoms with Gasteiger partial charge in [-0.3, -0.25) is 19.2 Å². The van der Waals surface area contributed by atoms with Crippen LogP contribution in [0, 0.1) is 57.6 Å². The molecule has 7 rings (SSSR count). The van der Waals surface area contributed by atoms with Crippen molar-refractivity contribution < 1.29 is 70.0 Å². The van der Waals surface area contributed by atoms with E-state index in [0.717, 1.165) is 30.0 Å². The Kier molecular flexibility index (Phi) is 17.8. The molecule has 0 saturated heterocycles. The van der Waals surface area contributed by atoms with Crippen molar-refractivity contribution in [1.29, 1.82) is 10.5 Å². The van der Waals surface area contributed by atoms with Crippen LogP contribution in [0.15, 0.2) is 77.7 Å². The molecule has 0 aliphatic carbocycles. The zero-order valence-corrected chi connectivity index (χ0v) is 39.2. The average molecular weight is 1020 g/mol. The fourth-order valence-electron chi connectivity index (χ4n) is 7.56. The first-order valence-electron chi connectivity index (χ1n) is 21.7. The van der Waals surface area contributed by atoms with Crippen molar-refractivity contribution >= 4 is 29.8 Å². The number of alkyl carbamates (subject to hydrolysis) is 1. The first kappa shape index (κ1) is 55.2. The number of nitrogens with zero attached hydrogens (tertiary/aromatic N) is 4. The number of aliphatic carboxylic acids is 1. The summed E-state index contributed by atoms with van der Waals surface area (Å²) in [6.45, 7) is 4.54. The quantitative estimate of drug-likeness (QED) is 0.0825. The molecule has 0 saturated carbocycles. The van der Waals surface area contributed by atoms with Gasteiger partial charge >= 0.3 is 18.0 Å². The van der Waals surface area contributed by atoms with E-state index in [1.54, 1.807) is 32.9 Å². The van der Waals surface area contributed by atoms with E-state index in [4.69, 9.17) is 21.0 Å². The number of carboxylic acid groups (broad SMARTS) is 1. The minimum atomic E-state index is -1.28. The Morgan fingerprint density at radius 1 is 0.836 bits per heavy atom. The number of fused-ring (bicyclic) bond motifs is 5. The van der Waals surface area contributed by atoms with Crippen LogP contribution >= 0.6 is 0 Å². The fourth-order valence-corrected chi connectivity index (χ4v) is 7.56. The number of carbonyl (C=O) groups is 5. The maximum atomic E-state index is 13.9. The van der Waals surface area contributed by atoms with Gasteiger partial charge in [-0.1, -0.05) is 18.2 Å². The minimum absolute atomic E-state index is 0.0252. The second kappa shape index (κ2) is 23.5. The molecule has 0 spiro atoms. The van der Waals surface area contributed by atoms with Crippen LogP contribution in [0.5, 0.6) is 5.75 Å². The summed E-state index contributed by atoms with van der Waals surface area (Å²) >= 11 is 0. The molecule has 6 N–H and O–H groups in total. The topological polar surface area (TPSA) is 267 Å². The van der Waals surface area contributed by atoms with Crippen LogP contribution in [0.3, 0.4) is 0 Å². The molecule has 3 amide bonds. The van der Waals surface area contributed by atoms with Gasteiger partial charge in [0.15, 0.2) is 11.4 Å². The van der Waals surface area contributed by atoms with Crippen LogP contribution in [-0.2, 0) is 51.4 Å². The third kappa shape index (κ3) is 14.0. The van der Waals surface area contributed by atoms with Crippen LogP contribution < -0.4 is 21.8 Å². The highest BCUT2D eigenvalue weighted by molar-refractivity contribution is 5.99. The molecule has 1 aromatic heterocycles. The predicted octanol–water partition coefficient (Wildman–Crippen LogP) is 5.75. The van der Waals surface area contributed by atoms with Gasteiger partial charge in [0.1, 0.15) is 58.2 Å². The van der Waals surface area contributed by atoms with Gasteiger partial charge in [-0.2, -0.15) is 10.5 Å². The summed E-state index contributed by atoms with van der Waals surface area (Å²) in [4.78, 5) is 73.9. The summed E-state index contributed by atoms with van der Waals surface area (Å²) in [7, 11) is 1.23. The summed E-state index contributed by atoms with van der Waals surface area (Å²) in [5.74, 6) is -9.58. The SMILES string of the molecule is CC(C)(C)OC(=O)N[C@@H](Cc1ccc(F)cc1C#N)C(=O)O.COC(=O)[C@@H](N)Cc1ccc(F)cc1C#N.O=C(NCc1c(F)cc(F)cc1F)c1cn2c(c(O)c1=O)C(=O)N1Cc3cc(F)ccc3C[C@H]2C1. The Morgan fingerprint density at radius 2 is 1.40 bits per heavy atom. The molecule has 17 nitrogen and oxygen atoms in total. The van der Waals surface area contributed by atoms with E-state index in [9.17, 15) is 65.3 Å². The second-order valence-corrected chi connectivity index (χ2v) is 17.4. The van der Waals surface area contributed by atoms with Gasteiger partial charge in [0.2, 0.25) is 5.43 Å². The zero-order chi connectivity index (χ0) is 54.1. The Balaban J connectivity index is 0.000000223. The van der Waals surface area contributed by atoms with Crippen LogP contribution in [0.25, 0.3) is 0 Å². The molecule has 0 radical (unpaired) electrons. The summed E-state index contributed by atoms with van der Waals surface area (Å²) in [6, 6.07) is 13.4. The fraction of sp³-hybridized carbons (Fsp3) is 0.280. The molecule has 3 heterocycles. The lowest BCUT2D eigenvalue weighted by molar-refractivity contribution is -0.142. The Bertz CT molecular complexity index is 3110. The molecule has 2 aliphatic rings. The Morgan fingerprint density at radius 3 is 1.95 bits per heavy atom. The summed E-state index contributed by atoms with van der Waals surface area (Å²) in [5, 5.41) is 41.9. The molecule has 0 unspecified atom stereocenters. The molecule has 2 aliphatic heterocycles. The lowest BCUT2D eigenvalue weighted by Gasteiger charge is -2.34. The first-order chi connectivity index (χ1) is 34.3. The van der Waals surface area contributed by atoms with Crippen molar-refractivity contribution in [2.75, 3.05) is 13.7 Å². The number of nitrogens with one attached hydrogen (secondary N) is 2. The lowest BCUT2D eigenvalue weighted by atomic mass is 10.0. The van der Waals surface area contributed by atoms with Crippen LogP contribution in [0.2, 0.25) is 0 Å². The average Bonchev–Trinajstić information content (AvgIpc) is 3.49. The molecular weight excluding hydrogens is 973 g/mol. The van der Waals surface area contributed by atoms with Gasteiger partial charge in [0, 0.05) is 49.9 Å². The van der Waals surface area contributed by atoms with Gasteiger partial charge < -0.3 is 45.5 Å². The number of aromatic hydroxyl groups is 1. The number of methoxy groups -OCH3 is 1. The highest BCUT2D eigenvalue weighted by Gasteiger charge is 2.38. The van der Waals surface area contributed by atoms with Crippen molar-refractivity contribution in [3.63, 3.8) is 0 Å². The third-order valence-electron chi connectivity index (χ3n) is 11.0.